The van der Waals surface area contributed by atoms with E-state index in [-0.39, 0.29) is 0 Å². The molecule has 0 atom stereocenters. The first-order chi connectivity index (χ1) is 7.53. The SMILES string of the molecule is CC(C)C1(CNc2ccc(N)c(N)c2)CC1. The normalized spacial score (nSPS) is 17.4. The Morgan fingerprint density at radius 3 is 2.44 bits per heavy atom. The van der Waals surface area contributed by atoms with Gasteiger partial charge < -0.3 is 16.8 Å². The number of nitrogen functional groups attached to an aromatic ring is 2. The molecule has 0 saturated heterocycles. The average Bonchev–Trinajstić information content (AvgIpc) is 3.01. The van der Waals surface area contributed by atoms with E-state index >= 15 is 0 Å². The molecule has 0 aliphatic heterocycles. The standard InChI is InChI=1S/C13H21N3/c1-9(2)13(5-6-13)8-16-10-3-4-11(14)12(15)7-10/h3-4,7,9,16H,5-6,8,14-15H2,1-2H3. The molecule has 1 aliphatic carbocycles. The van der Waals surface area contributed by atoms with Gasteiger partial charge in [-0.15, -0.1) is 0 Å². The molecule has 0 unspecified atom stereocenters. The molecular weight excluding hydrogens is 198 g/mol. The summed E-state index contributed by atoms with van der Waals surface area (Å²) < 4.78 is 0. The van der Waals surface area contributed by atoms with Crippen LogP contribution in [0.15, 0.2) is 18.2 Å². The predicted molar refractivity (Wildman–Crippen MR) is 70.3 cm³/mol. The van der Waals surface area contributed by atoms with Crippen LogP contribution in [0.5, 0.6) is 0 Å². The van der Waals surface area contributed by atoms with E-state index in [0.29, 0.717) is 16.8 Å². The minimum absolute atomic E-state index is 0.510. The summed E-state index contributed by atoms with van der Waals surface area (Å²) in [6, 6.07) is 5.75. The fourth-order valence-electron chi connectivity index (χ4n) is 2.08. The third-order valence-corrected chi connectivity index (χ3v) is 3.85. The van der Waals surface area contributed by atoms with Gasteiger partial charge in [0.25, 0.3) is 0 Å². The number of nitrogens with two attached hydrogens (primary N) is 2. The maximum atomic E-state index is 5.77. The van der Waals surface area contributed by atoms with Gasteiger partial charge in [-0.05, 0) is 42.4 Å². The average molecular weight is 219 g/mol. The topological polar surface area (TPSA) is 64.1 Å². The second-order valence-electron chi connectivity index (χ2n) is 5.21. The van der Waals surface area contributed by atoms with Crippen molar-refractivity contribution in [1.29, 1.82) is 0 Å². The molecule has 1 fully saturated rings. The van der Waals surface area contributed by atoms with Crippen LogP contribution in [0.4, 0.5) is 17.1 Å². The molecule has 3 nitrogen and oxygen atoms in total. The van der Waals surface area contributed by atoms with Crippen LogP contribution in [0, 0.1) is 11.3 Å². The van der Waals surface area contributed by atoms with Gasteiger partial charge in [-0.3, -0.25) is 0 Å². The van der Waals surface area contributed by atoms with Crippen molar-refractivity contribution in [3.05, 3.63) is 18.2 Å². The van der Waals surface area contributed by atoms with Gasteiger partial charge >= 0.3 is 0 Å². The zero-order valence-electron chi connectivity index (χ0n) is 10.1. The van der Waals surface area contributed by atoms with Gasteiger partial charge in [-0.2, -0.15) is 0 Å². The minimum atomic E-state index is 0.510. The van der Waals surface area contributed by atoms with Gasteiger partial charge in [0.2, 0.25) is 0 Å². The van der Waals surface area contributed by atoms with Crippen LogP contribution in [0.3, 0.4) is 0 Å². The van der Waals surface area contributed by atoms with E-state index < -0.39 is 0 Å². The molecule has 5 N–H and O–H groups in total. The first kappa shape index (κ1) is 11.1. The summed E-state index contributed by atoms with van der Waals surface area (Å²) in [4.78, 5) is 0. The number of anilines is 3. The predicted octanol–water partition coefficient (Wildman–Crippen LogP) is 2.70. The summed E-state index contributed by atoms with van der Waals surface area (Å²) in [5.41, 5.74) is 14.3. The summed E-state index contributed by atoms with van der Waals surface area (Å²) in [6.07, 6.45) is 2.67. The van der Waals surface area contributed by atoms with Gasteiger partial charge in [-0.25, -0.2) is 0 Å². The van der Waals surface area contributed by atoms with Crippen LogP contribution in [0.2, 0.25) is 0 Å². The quantitative estimate of drug-likeness (QED) is 0.682. The monoisotopic (exact) mass is 219 g/mol. The Balaban J connectivity index is 1.97. The number of hydrogen-bond donors (Lipinski definition) is 3. The number of benzene rings is 1. The van der Waals surface area contributed by atoms with Crippen LogP contribution >= 0.6 is 0 Å². The summed E-state index contributed by atoms with van der Waals surface area (Å²) in [5, 5.41) is 3.46. The van der Waals surface area contributed by atoms with Gasteiger partial charge in [0.05, 0.1) is 11.4 Å². The van der Waals surface area contributed by atoms with Crippen LogP contribution in [0.1, 0.15) is 26.7 Å². The van der Waals surface area contributed by atoms with E-state index in [4.69, 9.17) is 11.5 Å². The fraction of sp³-hybridized carbons (Fsp3) is 0.538. The lowest BCUT2D eigenvalue weighted by Crippen LogP contribution is -2.20. The Kier molecular flexibility index (Phi) is 2.70. The number of rotatable bonds is 4. The fourth-order valence-corrected chi connectivity index (χ4v) is 2.08. The summed E-state index contributed by atoms with van der Waals surface area (Å²) >= 11 is 0. The molecule has 16 heavy (non-hydrogen) atoms. The lowest BCUT2D eigenvalue weighted by atomic mass is 9.92. The molecule has 1 aliphatic rings. The Labute approximate surface area is 97.2 Å². The zero-order valence-corrected chi connectivity index (χ0v) is 10.1. The van der Waals surface area contributed by atoms with Crippen molar-refractivity contribution in [3.8, 4) is 0 Å². The van der Waals surface area contributed by atoms with Crippen LogP contribution in [-0.4, -0.2) is 6.54 Å². The smallest absolute Gasteiger partial charge is 0.0568 e. The van der Waals surface area contributed by atoms with E-state index in [2.05, 4.69) is 19.2 Å². The highest BCUT2D eigenvalue weighted by Gasteiger charge is 2.44. The molecule has 3 heteroatoms. The van der Waals surface area contributed by atoms with Crippen molar-refractivity contribution in [2.45, 2.75) is 26.7 Å². The number of hydrogen-bond acceptors (Lipinski definition) is 3. The van der Waals surface area contributed by atoms with Crippen molar-refractivity contribution in [2.24, 2.45) is 11.3 Å². The molecule has 0 heterocycles. The maximum absolute atomic E-state index is 5.77. The molecule has 0 amide bonds. The first-order valence-electron chi connectivity index (χ1n) is 5.92. The van der Waals surface area contributed by atoms with Gasteiger partial charge in [0.1, 0.15) is 0 Å². The van der Waals surface area contributed by atoms with Gasteiger partial charge in [0.15, 0.2) is 0 Å². The third-order valence-electron chi connectivity index (χ3n) is 3.85. The Morgan fingerprint density at radius 2 is 1.94 bits per heavy atom. The van der Waals surface area contributed by atoms with E-state index in [9.17, 15) is 0 Å². The molecule has 1 aromatic rings. The van der Waals surface area contributed by atoms with Crippen molar-refractivity contribution >= 4 is 17.1 Å². The third kappa shape index (κ3) is 2.08. The second kappa shape index (κ2) is 3.89. The van der Waals surface area contributed by atoms with Crippen molar-refractivity contribution in [1.82, 2.24) is 0 Å². The van der Waals surface area contributed by atoms with E-state index in [0.717, 1.165) is 18.2 Å². The lowest BCUT2D eigenvalue weighted by molar-refractivity contribution is 0.380. The minimum Gasteiger partial charge on any atom is -0.397 e. The Morgan fingerprint density at radius 1 is 1.25 bits per heavy atom. The zero-order chi connectivity index (χ0) is 11.8. The summed E-state index contributed by atoms with van der Waals surface area (Å²) in [5.74, 6) is 0.742. The van der Waals surface area contributed by atoms with E-state index in [1.807, 2.05) is 18.2 Å². The number of nitrogens with one attached hydrogen (secondary N) is 1. The molecule has 88 valence electrons. The molecule has 1 saturated carbocycles. The highest BCUT2D eigenvalue weighted by molar-refractivity contribution is 5.69. The molecule has 2 rings (SSSR count). The summed E-state index contributed by atoms with van der Waals surface area (Å²) in [6.45, 7) is 5.63. The Hall–Kier alpha value is -1.38. The largest absolute Gasteiger partial charge is 0.397 e. The molecule has 0 radical (unpaired) electrons. The molecule has 0 spiro atoms. The van der Waals surface area contributed by atoms with Gasteiger partial charge in [-0.1, -0.05) is 13.8 Å². The van der Waals surface area contributed by atoms with E-state index in [1.165, 1.54) is 12.8 Å². The van der Waals surface area contributed by atoms with Crippen molar-refractivity contribution in [3.63, 3.8) is 0 Å². The molecule has 0 aromatic heterocycles. The van der Waals surface area contributed by atoms with Crippen LogP contribution in [-0.2, 0) is 0 Å². The van der Waals surface area contributed by atoms with Crippen molar-refractivity contribution in [2.75, 3.05) is 23.3 Å². The summed E-state index contributed by atoms with van der Waals surface area (Å²) in [7, 11) is 0. The van der Waals surface area contributed by atoms with Crippen LogP contribution in [0.25, 0.3) is 0 Å². The van der Waals surface area contributed by atoms with Gasteiger partial charge in [0, 0.05) is 12.2 Å². The Bertz CT molecular complexity index is 381. The molecular formula is C13H21N3. The second-order valence-corrected chi connectivity index (χ2v) is 5.21. The highest BCUT2D eigenvalue weighted by atomic mass is 14.9. The first-order valence-corrected chi connectivity index (χ1v) is 5.92. The van der Waals surface area contributed by atoms with Crippen LogP contribution < -0.4 is 16.8 Å². The lowest BCUT2D eigenvalue weighted by Gasteiger charge is -2.21. The van der Waals surface area contributed by atoms with E-state index in [1.54, 1.807) is 0 Å². The van der Waals surface area contributed by atoms with Crippen molar-refractivity contribution < 1.29 is 0 Å². The highest BCUT2D eigenvalue weighted by Crippen LogP contribution is 2.51. The maximum Gasteiger partial charge on any atom is 0.0568 e. The molecule has 0 bridgehead atoms. The molecule has 1 aromatic carbocycles.